The van der Waals surface area contributed by atoms with Crippen LogP contribution in [0, 0.1) is 17.8 Å². The molecule has 0 N–H and O–H groups in total. The average molecular weight is 267 g/mol. The van der Waals surface area contributed by atoms with Crippen LogP contribution < -0.4 is 0 Å². The van der Waals surface area contributed by atoms with Crippen molar-refractivity contribution in [3.05, 3.63) is 0 Å². The molecular formula is C13H17NO5. The second-order valence-corrected chi connectivity index (χ2v) is 5.17. The number of Topliss-reactive ketones (excluding diaryl/α,β-unsaturated/α-hetero) is 3. The van der Waals surface area contributed by atoms with Crippen LogP contribution in [0.4, 0.5) is 0 Å². The molecule has 1 fully saturated rings. The standard InChI is InChI=1S/C13H17NO5/c1-7(2)4-14(3)10-12(18)8(5-15)11(17)9(6-16)13(10)19/h5-10H,4H2,1-3H3. The third-order valence-corrected chi connectivity index (χ3v) is 3.13. The molecule has 1 saturated carbocycles. The monoisotopic (exact) mass is 267 g/mol. The first-order chi connectivity index (χ1) is 8.84. The van der Waals surface area contributed by atoms with E-state index in [-0.39, 0.29) is 18.5 Å². The van der Waals surface area contributed by atoms with Gasteiger partial charge >= 0.3 is 0 Å². The van der Waals surface area contributed by atoms with Gasteiger partial charge in [-0.05, 0) is 13.0 Å². The lowest BCUT2D eigenvalue weighted by atomic mass is 9.76. The van der Waals surface area contributed by atoms with E-state index in [1.54, 1.807) is 7.05 Å². The van der Waals surface area contributed by atoms with E-state index in [4.69, 9.17) is 0 Å². The number of likely N-dealkylation sites (N-methyl/N-ethyl adjacent to an activating group) is 1. The number of carbonyl (C=O) groups is 5. The minimum absolute atomic E-state index is 0.201. The number of nitrogens with zero attached hydrogens (tertiary/aromatic N) is 1. The molecule has 0 radical (unpaired) electrons. The Labute approximate surface area is 111 Å². The fraction of sp³-hybridized carbons (Fsp3) is 0.615. The van der Waals surface area contributed by atoms with Gasteiger partial charge in [-0.1, -0.05) is 13.8 Å². The first-order valence-corrected chi connectivity index (χ1v) is 6.07. The molecule has 0 aromatic rings. The zero-order valence-electron chi connectivity index (χ0n) is 11.2. The fourth-order valence-corrected chi connectivity index (χ4v) is 2.34. The second kappa shape index (κ2) is 5.97. The topological polar surface area (TPSA) is 88.6 Å². The Morgan fingerprint density at radius 2 is 1.42 bits per heavy atom. The molecule has 0 spiro atoms. The Bertz CT molecular complexity index is 399. The average Bonchev–Trinajstić information content (AvgIpc) is 2.28. The summed E-state index contributed by atoms with van der Waals surface area (Å²) in [5.74, 6) is -5.18. The van der Waals surface area contributed by atoms with Crippen molar-refractivity contribution in [1.82, 2.24) is 4.90 Å². The van der Waals surface area contributed by atoms with Gasteiger partial charge < -0.3 is 9.59 Å². The molecular weight excluding hydrogens is 250 g/mol. The first kappa shape index (κ1) is 15.4. The molecule has 0 bridgehead atoms. The number of rotatable bonds is 5. The van der Waals surface area contributed by atoms with E-state index in [2.05, 4.69) is 0 Å². The van der Waals surface area contributed by atoms with Crippen molar-refractivity contribution >= 4 is 29.9 Å². The van der Waals surface area contributed by atoms with Crippen LogP contribution in [-0.2, 0) is 24.0 Å². The predicted octanol–water partition coefficient (Wildman–Crippen LogP) is -0.706. The molecule has 6 nitrogen and oxygen atoms in total. The van der Waals surface area contributed by atoms with Crippen LogP contribution in [0.15, 0.2) is 0 Å². The van der Waals surface area contributed by atoms with Gasteiger partial charge in [0.05, 0.1) is 0 Å². The molecule has 2 unspecified atom stereocenters. The quantitative estimate of drug-likeness (QED) is 0.483. The second-order valence-electron chi connectivity index (χ2n) is 5.17. The van der Waals surface area contributed by atoms with E-state index in [1.807, 2.05) is 13.8 Å². The van der Waals surface area contributed by atoms with Gasteiger partial charge in [0.2, 0.25) is 0 Å². The first-order valence-electron chi connectivity index (χ1n) is 6.07. The van der Waals surface area contributed by atoms with Crippen LogP contribution in [0.2, 0.25) is 0 Å². The maximum absolute atomic E-state index is 12.0. The van der Waals surface area contributed by atoms with E-state index in [1.165, 1.54) is 4.90 Å². The van der Waals surface area contributed by atoms with Crippen LogP contribution in [0.3, 0.4) is 0 Å². The molecule has 0 aliphatic heterocycles. The van der Waals surface area contributed by atoms with Crippen LogP contribution >= 0.6 is 0 Å². The van der Waals surface area contributed by atoms with Crippen LogP contribution in [0.5, 0.6) is 0 Å². The molecule has 0 amide bonds. The number of hydrogen-bond donors (Lipinski definition) is 0. The van der Waals surface area contributed by atoms with Crippen molar-refractivity contribution in [3.63, 3.8) is 0 Å². The summed E-state index contributed by atoms with van der Waals surface area (Å²) in [6.07, 6.45) is 0.424. The number of aldehydes is 2. The zero-order valence-corrected chi connectivity index (χ0v) is 11.2. The highest BCUT2D eigenvalue weighted by Crippen LogP contribution is 2.22. The van der Waals surface area contributed by atoms with Crippen molar-refractivity contribution in [1.29, 1.82) is 0 Å². The minimum Gasteiger partial charge on any atom is -0.302 e. The van der Waals surface area contributed by atoms with Gasteiger partial charge in [0.1, 0.15) is 30.4 Å². The van der Waals surface area contributed by atoms with E-state index in [0.717, 1.165) is 0 Å². The van der Waals surface area contributed by atoms with Crippen molar-refractivity contribution in [2.24, 2.45) is 17.8 Å². The van der Waals surface area contributed by atoms with Gasteiger partial charge in [-0.15, -0.1) is 0 Å². The third kappa shape index (κ3) is 2.84. The summed E-state index contributed by atoms with van der Waals surface area (Å²) in [5.41, 5.74) is 0. The van der Waals surface area contributed by atoms with Crippen LogP contribution in [-0.4, -0.2) is 54.5 Å². The Hall–Kier alpha value is -1.69. The lowest BCUT2D eigenvalue weighted by Crippen LogP contribution is -2.58. The summed E-state index contributed by atoms with van der Waals surface area (Å²) >= 11 is 0. The Morgan fingerprint density at radius 3 is 1.74 bits per heavy atom. The number of hydrogen-bond acceptors (Lipinski definition) is 6. The largest absolute Gasteiger partial charge is 0.302 e. The smallest absolute Gasteiger partial charge is 0.175 e. The Kier molecular flexibility index (Phi) is 4.83. The van der Waals surface area contributed by atoms with Crippen LogP contribution in [0.25, 0.3) is 0 Å². The molecule has 1 aliphatic carbocycles. The van der Waals surface area contributed by atoms with E-state index in [0.29, 0.717) is 6.54 Å². The Morgan fingerprint density at radius 1 is 1.00 bits per heavy atom. The highest BCUT2D eigenvalue weighted by Gasteiger charge is 2.50. The fourth-order valence-electron chi connectivity index (χ4n) is 2.34. The van der Waals surface area contributed by atoms with Crippen molar-refractivity contribution in [2.75, 3.05) is 13.6 Å². The van der Waals surface area contributed by atoms with E-state index < -0.39 is 35.2 Å². The maximum Gasteiger partial charge on any atom is 0.175 e. The summed E-state index contributed by atoms with van der Waals surface area (Å²) in [4.78, 5) is 58.9. The molecule has 2 atom stereocenters. The van der Waals surface area contributed by atoms with Gasteiger partial charge in [0.15, 0.2) is 17.3 Å². The van der Waals surface area contributed by atoms with Gasteiger partial charge in [-0.25, -0.2) is 0 Å². The summed E-state index contributed by atoms with van der Waals surface area (Å²) in [7, 11) is 1.57. The molecule has 0 saturated heterocycles. The molecule has 6 heteroatoms. The van der Waals surface area contributed by atoms with Crippen LogP contribution in [0.1, 0.15) is 13.8 Å². The van der Waals surface area contributed by atoms with E-state index in [9.17, 15) is 24.0 Å². The normalized spacial score (nSPS) is 28.1. The Balaban J connectivity index is 3.11. The van der Waals surface area contributed by atoms with Gasteiger partial charge in [-0.3, -0.25) is 19.3 Å². The molecule has 104 valence electrons. The number of carbonyl (C=O) groups excluding carboxylic acids is 5. The van der Waals surface area contributed by atoms with Crippen molar-refractivity contribution in [2.45, 2.75) is 19.9 Å². The van der Waals surface area contributed by atoms with Crippen molar-refractivity contribution in [3.8, 4) is 0 Å². The van der Waals surface area contributed by atoms with Gasteiger partial charge in [0, 0.05) is 6.54 Å². The lowest BCUT2D eigenvalue weighted by molar-refractivity contribution is -0.152. The molecule has 0 aromatic carbocycles. The van der Waals surface area contributed by atoms with Gasteiger partial charge in [0.25, 0.3) is 0 Å². The lowest BCUT2D eigenvalue weighted by Gasteiger charge is -2.33. The minimum atomic E-state index is -1.51. The zero-order chi connectivity index (χ0) is 14.7. The van der Waals surface area contributed by atoms with Crippen molar-refractivity contribution < 1.29 is 24.0 Å². The molecule has 0 aromatic heterocycles. The summed E-state index contributed by atoms with van der Waals surface area (Å²) in [6, 6.07) is -1.19. The maximum atomic E-state index is 12.0. The molecule has 19 heavy (non-hydrogen) atoms. The highest BCUT2D eigenvalue weighted by atomic mass is 16.2. The van der Waals surface area contributed by atoms with Gasteiger partial charge in [-0.2, -0.15) is 0 Å². The SMILES string of the molecule is CC(C)CN(C)C1C(=O)C(C=O)C(=O)C(C=O)C1=O. The molecule has 0 heterocycles. The predicted molar refractivity (Wildman–Crippen MR) is 65.4 cm³/mol. The molecule has 1 rings (SSSR count). The summed E-state index contributed by atoms with van der Waals surface area (Å²) in [5, 5.41) is 0. The third-order valence-electron chi connectivity index (χ3n) is 3.13. The summed E-state index contributed by atoms with van der Waals surface area (Å²) in [6.45, 7) is 4.27. The number of ketones is 3. The molecule has 1 aliphatic rings. The van der Waals surface area contributed by atoms with E-state index >= 15 is 0 Å². The summed E-state index contributed by atoms with van der Waals surface area (Å²) < 4.78 is 0. The highest BCUT2D eigenvalue weighted by molar-refractivity contribution is 6.35.